The van der Waals surface area contributed by atoms with E-state index in [0.717, 1.165) is 23.1 Å². The van der Waals surface area contributed by atoms with Crippen molar-refractivity contribution in [3.63, 3.8) is 0 Å². The molecule has 118 valence electrons. The van der Waals surface area contributed by atoms with E-state index in [2.05, 4.69) is 15.9 Å². The molecule has 2 aromatic carbocycles. The van der Waals surface area contributed by atoms with Crippen LogP contribution in [0.15, 0.2) is 57.9 Å². The van der Waals surface area contributed by atoms with Gasteiger partial charge in [-0.3, -0.25) is 4.79 Å². The standard InChI is InChI=1S/C18H15BrO4/c19-8-1-9-22-14-5-2-12(3-6-14)16-11-23-17-10-13(20)4-7-15(17)18(16)21/h2-7,10-11,20H,1,8-9H2. The second kappa shape index (κ2) is 6.87. The predicted molar refractivity (Wildman–Crippen MR) is 93.5 cm³/mol. The minimum absolute atomic E-state index is 0.0679. The van der Waals surface area contributed by atoms with Gasteiger partial charge in [-0.2, -0.15) is 0 Å². The molecule has 0 atom stereocenters. The lowest BCUT2D eigenvalue weighted by atomic mass is 10.1. The van der Waals surface area contributed by atoms with Gasteiger partial charge in [-0.1, -0.05) is 28.1 Å². The number of fused-ring (bicyclic) bond motifs is 1. The Morgan fingerprint density at radius 1 is 1.13 bits per heavy atom. The molecule has 0 radical (unpaired) electrons. The number of hydrogen-bond donors (Lipinski definition) is 1. The van der Waals surface area contributed by atoms with Crippen molar-refractivity contribution in [2.75, 3.05) is 11.9 Å². The summed E-state index contributed by atoms with van der Waals surface area (Å²) in [6.07, 6.45) is 2.35. The summed E-state index contributed by atoms with van der Waals surface area (Å²) >= 11 is 3.36. The maximum atomic E-state index is 12.6. The Morgan fingerprint density at radius 2 is 1.91 bits per heavy atom. The molecule has 3 aromatic rings. The van der Waals surface area contributed by atoms with Gasteiger partial charge in [0.15, 0.2) is 5.43 Å². The first-order valence-electron chi connectivity index (χ1n) is 7.23. The number of aromatic hydroxyl groups is 1. The third-order valence-corrected chi connectivity index (χ3v) is 4.03. The van der Waals surface area contributed by atoms with Crippen LogP contribution in [0.5, 0.6) is 11.5 Å². The molecule has 0 spiro atoms. The second-order valence-electron chi connectivity index (χ2n) is 5.07. The van der Waals surface area contributed by atoms with Gasteiger partial charge in [0.25, 0.3) is 0 Å². The van der Waals surface area contributed by atoms with Gasteiger partial charge in [0.1, 0.15) is 23.3 Å². The molecule has 1 N–H and O–H groups in total. The SMILES string of the molecule is O=c1c(-c2ccc(OCCCBr)cc2)coc2cc(O)ccc12. The Balaban J connectivity index is 1.92. The van der Waals surface area contributed by atoms with E-state index in [1.54, 1.807) is 6.07 Å². The van der Waals surface area contributed by atoms with E-state index in [1.165, 1.54) is 18.4 Å². The van der Waals surface area contributed by atoms with E-state index >= 15 is 0 Å². The van der Waals surface area contributed by atoms with Crippen molar-refractivity contribution in [2.45, 2.75) is 6.42 Å². The molecular weight excluding hydrogens is 360 g/mol. The summed E-state index contributed by atoms with van der Waals surface area (Å²) in [7, 11) is 0. The van der Waals surface area contributed by atoms with E-state index in [4.69, 9.17) is 9.15 Å². The normalized spacial score (nSPS) is 10.8. The molecule has 1 heterocycles. The van der Waals surface area contributed by atoms with Crippen LogP contribution >= 0.6 is 15.9 Å². The minimum atomic E-state index is -0.126. The summed E-state index contributed by atoms with van der Waals surface area (Å²) in [5.41, 5.74) is 1.49. The smallest absolute Gasteiger partial charge is 0.200 e. The van der Waals surface area contributed by atoms with E-state index in [0.29, 0.717) is 23.1 Å². The zero-order chi connectivity index (χ0) is 16.2. The lowest BCUT2D eigenvalue weighted by Gasteiger charge is -2.07. The van der Waals surface area contributed by atoms with Gasteiger partial charge >= 0.3 is 0 Å². The highest BCUT2D eigenvalue weighted by molar-refractivity contribution is 9.09. The Morgan fingerprint density at radius 3 is 2.65 bits per heavy atom. The molecule has 3 rings (SSSR count). The first kappa shape index (κ1) is 15.6. The molecule has 0 amide bonds. The first-order valence-corrected chi connectivity index (χ1v) is 8.35. The molecule has 23 heavy (non-hydrogen) atoms. The van der Waals surface area contributed by atoms with Crippen molar-refractivity contribution >= 4 is 26.9 Å². The van der Waals surface area contributed by atoms with Crippen molar-refractivity contribution in [1.29, 1.82) is 0 Å². The van der Waals surface area contributed by atoms with E-state index < -0.39 is 0 Å². The Hall–Kier alpha value is -2.27. The largest absolute Gasteiger partial charge is 0.508 e. The molecular formula is C18H15BrO4. The molecule has 0 saturated heterocycles. The van der Waals surface area contributed by atoms with Crippen LogP contribution in [0.25, 0.3) is 22.1 Å². The molecule has 0 aliphatic rings. The highest BCUT2D eigenvalue weighted by Gasteiger charge is 2.09. The summed E-state index contributed by atoms with van der Waals surface area (Å²) in [5, 5.41) is 10.8. The number of alkyl halides is 1. The first-order chi connectivity index (χ1) is 11.2. The molecule has 0 aliphatic carbocycles. The summed E-state index contributed by atoms with van der Waals surface area (Å²) < 4.78 is 11.1. The topological polar surface area (TPSA) is 59.7 Å². The van der Waals surface area contributed by atoms with Crippen molar-refractivity contribution in [3.05, 3.63) is 59.0 Å². The predicted octanol–water partition coefficient (Wildman–Crippen LogP) is 4.33. The number of phenolic OH excluding ortho intramolecular Hbond substituents is 1. The van der Waals surface area contributed by atoms with Crippen molar-refractivity contribution in [3.8, 4) is 22.6 Å². The lowest BCUT2D eigenvalue weighted by molar-refractivity contribution is 0.319. The lowest BCUT2D eigenvalue weighted by Crippen LogP contribution is -2.04. The average molecular weight is 375 g/mol. The Bertz CT molecular complexity index is 868. The summed E-state index contributed by atoms with van der Waals surface area (Å²) in [5.74, 6) is 0.836. The van der Waals surface area contributed by atoms with E-state index in [-0.39, 0.29) is 11.2 Å². The maximum absolute atomic E-state index is 12.6. The van der Waals surface area contributed by atoms with Gasteiger partial charge in [-0.25, -0.2) is 0 Å². The number of rotatable bonds is 5. The van der Waals surface area contributed by atoms with Gasteiger partial charge in [0.05, 0.1) is 17.6 Å². The van der Waals surface area contributed by atoms with Gasteiger partial charge in [0, 0.05) is 11.4 Å². The summed E-state index contributed by atoms with van der Waals surface area (Å²) in [6.45, 7) is 0.645. The van der Waals surface area contributed by atoms with Gasteiger partial charge in [0.2, 0.25) is 0 Å². The van der Waals surface area contributed by atoms with Crippen molar-refractivity contribution < 1.29 is 14.3 Å². The molecule has 0 bridgehead atoms. The van der Waals surface area contributed by atoms with Crippen molar-refractivity contribution in [1.82, 2.24) is 0 Å². The fraction of sp³-hybridized carbons (Fsp3) is 0.167. The number of hydrogen-bond acceptors (Lipinski definition) is 4. The zero-order valence-corrected chi connectivity index (χ0v) is 13.9. The minimum Gasteiger partial charge on any atom is -0.508 e. The van der Waals surface area contributed by atoms with E-state index in [9.17, 15) is 9.90 Å². The highest BCUT2D eigenvalue weighted by atomic mass is 79.9. The quantitative estimate of drug-likeness (QED) is 0.533. The number of benzene rings is 2. The molecule has 0 saturated carbocycles. The number of phenols is 1. The van der Waals surface area contributed by atoms with Crippen LogP contribution in [-0.2, 0) is 0 Å². The van der Waals surface area contributed by atoms with E-state index in [1.807, 2.05) is 24.3 Å². The highest BCUT2D eigenvalue weighted by Crippen LogP contribution is 2.24. The summed E-state index contributed by atoms with van der Waals surface area (Å²) in [4.78, 5) is 12.6. The zero-order valence-electron chi connectivity index (χ0n) is 12.3. The van der Waals surface area contributed by atoms with Gasteiger partial charge in [-0.15, -0.1) is 0 Å². The van der Waals surface area contributed by atoms with Crippen LogP contribution in [0, 0.1) is 0 Å². The van der Waals surface area contributed by atoms with Crippen LogP contribution in [-0.4, -0.2) is 17.0 Å². The Labute approximate surface area is 141 Å². The molecule has 1 aromatic heterocycles. The van der Waals surface area contributed by atoms with Crippen LogP contribution in [0.2, 0.25) is 0 Å². The Kier molecular flexibility index (Phi) is 4.67. The molecule has 0 aliphatic heterocycles. The third kappa shape index (κ3) is 3.40. The second-order valence-corrected chi connectivity index (χ2v) is 5.87. The third-order valence-electron chi connectivity index (χ3n) is 3.47. The molecule has 0 unspecified atom stereocenters. The van der Waals surface area contributed by atoms with Crippen LogP contribution < -0.4 is 10.2 Å². The van der Waals surface area contributed by atoms with Gasteiger partial charge < -0.3 is 14.3 Å². The van der Waals surface area contributed by atoms with Crippen LogP contribution in [0.4, 0.5) is 0 Å². The van der Waals surface area contributed by atoms with Crippen LogP contribution in [0.1, 0.15) is 6.42 Å². The van der Waals surface area contributed by atoms with Crippen LogP contribution in [0.3, 0.4) is 0 Å². The average Bonchev–Trinajstić information content (AvgIpc) is 2.56. The molecule has 5 heteroatoms. The van der Waals surface area contributed by atoms with Gasteiger partial charge in [-0.05, 0) is 36.2 Å². The molecule has 4 nitrogen and oxygen atoms in total. The summed E-state index contributed by atoms with van der Waals surface area (Å²) in [6, 6.07) is 11.8. The monoisotopic (exact) mass is 374 g/mol. The number of halogens is 1. The fourth-order valence-electron chi connectivity index (χ4n) is 2.29. The number of ether oxygens (including phenoxy) is 1. The molecule has 0 fully saturated rings. The fourth-order valence-corrected chi connectivity index (χ4v) is 2.52. The van der Waals surface area contributed by atoms with Crippen molar-refractivity contribution in [2.24, 2.45) is 0 Å². The maximum Gasteiger partial charge on any atom is 0.200 e.